The van der Waals surface area contributed by atoms with Gasteiger partial charge >= 0.3 is 0 Å². The molecule has 3 N–H and O–H groups in total. The van der Waals surface area contributed by atoms with Crippen LogP contribution in [0.2, 0.25) is 0 Å². The third-order valence-corrected chi connectivity index (χ3v) is 3.21. The molecular formula is C15H20N2. The van der Waals surface area contributed by atoms with Crippen molar-refractivity contribution in [3.8, 4) is 11.8 Å². The van der Waals surface area contributed by atoms with E-state index in [0.717, 1.165) is 5.92 Å². The molecule has 2 rings (SSSR count). The number of hydrogen-bond donors (Lipinski definition) is 2. The maximum absolute atomic E-state index is 5.82. The third kappa shape index (κ3) is 3.33. The molecule has 0 spiro atoms. The molecule has 0 bridgehead atoms. The molecule has 1 aliphatic carbocycles. The summed E-state index contributed by atoms with van der Waals surface area (Å²) in [6, 6.07) is 9.02. The predicted octanol–water partition coefficient (Wildman–Crippen LogP) is 2.18. The molecule has 1 saturated carbocycles. The van der Waals surface area contributed by atoms with Crippen LogP contribution >= 0.6 is 0 Å². The highest BCUT2D eigenvalue weighted by atomic mass is 14.9. The van der Waals surface area contributed by atoms with Gasteiger partial charge in [-0.1, -0.05) is 30.2 Å². The summed E-state index contributed by atoms with van der Waals surface area (Å²) >= 11 is 0. The number of nitrogens with one attached hydrogen (secondary N) is 1. The van der Waals surface area contributed by atoms with E-state index in [0.29, 0.717) is 13.1 Å². The second kappa shape index (κ2) is 5.86. The summed E-state index contributed by atoms with van der Waals surface area (Å²) < 4.78 is 0. The largest absolute Gasteiger partial charge is 0.329 e. The van der Waals surface area contributed by atoms with Crippen LogP contribution in [0.4, 0.5) is 0 Å². The molecule has 1 aliphatic rings. The molecule has 2 nitrogen and oxygen atoms in total. The molecule has 2 heteroatoms. The van der Waals surface area contributed by atoms with Crippen LogP contribution in [0.15, 0.2) is 24.3 Å². The summed E-state index contributed by atoms with van der Waals surface area (Å²) in [6.45, 7) is 3.17. The molecule has 0 heterocycles. The molecule has 90 valence electrons. The van der Waals surface area contributed by atoms with Crippen LogP contribution in [-0.4, -0.2) is 13.1 Å². The standard InChI is InChI=1S/C15H20N2/c1-2-3-9-17-15(11-16)14-6-4-5-13(10-14)12-7-8-12/h4-6,10,12,15,17H,7-9,11,16H2,1H3. The summed E-state index contributed by atoms with van der Waals surface area (Å²) in [5.41, 5.74) is 8.57. The van der Waals surface area contributed by atoms with Crippen LogP contribution in [-0.2, 0) is 0 Å². The van der Waals surface area contributed by atoms with Gasteiger partial charge in [0.25, 0.3) is 0 Å². The molecule has 0 aliphatic heterocycles. The second-order valence-electron chi connectivity index (χ2n) is 4.54. The molecule has 0 saturated heterocycles. The Morgan fingerprint density at radius 2 is 2.29 bits per heavy atom. The Balaban J connectivity index is 2.05. The lowest BCUT2D eigenvalue weighted by molar-refractivity contribution is 0.581. The van der Waals surface area contributed by atoms with Gasteiger partial charge in [-0.2, -0.15) is 0 Å². The van der Waals surface area contributed by atoms with Gasteiger partial charge in [0.2, 0.25) is 0 Å². The Hall–Kier alpha value is -1.30. The topological polar surface area (TPSA) is 38.0 Å². The summed E-state index contributed by atoms with van der Waals surface area (Å²) in [4.78, 5) is 0. The van der Waals surface area contributed by atoms with Crippen LogP contribution in [0.25, 0.3) is 0 Å². The van der Waals surface area contributed by atoms with Gasteiger partial charge in [-0.3, -0.25) is 5.32 Å². The summed E-state index contributed by atoms with van der Waals surface area (Å²) in [7, 11) is 0. The van der Waals surface area contributed by atoms with E-state index < -0.39 is 0 Å². The van der Waals surface area contributed by atoms with Crippen molar-refractivity contribution < 1.29 is 0 Å². The predicted molar refractivity (Wildman–Crippen MR) is 71.7 cm³/mol. The molecule has 1 unspecified atom stereocenters. The second-order valence-corrected chi connectivity index (χ2v) is 4.54. The highest BCUT2D eigenvalue weighted by Crippen LogP contribution is 2.40. The normalized spacial score (nSPS) is 16.1. The van der Waals surface area contributed by atoms with Gasteiger partial charge in [-0.15, -0.1) is 5.92 Å². The lowest BCUT2D eigenvalue weighted by atomic mass is 10.0. The van der Waals surface area contributed by atoms with E-state index >= 15 is 0 Å². The van der Waals surface area contributed by atoms with Crippen molar-refractivity contribution >= 4 is 0 Å². The molecule has 17 heavy (non-hydrogen) atoms. The maximum Gasteiger partial charge on any atom is 0.0581 e. The number of rotatable bonds is 5. The first-order valence-electron chi connectivity index (χ1n) is 6.28. The van der Waals surface area contributed by atoms with Gasteiger partial charge in [0.05, 0.1) is 6.54 Å². The lowest BCUT2D eigenvalue weighted by Crippen LogP contribution is -2.28. The fourth-order valence-corrected chi connectivity index (χ4v) is 2.05. The lowest BCUT2D eigenvalue weighted by Gasteiger charge is -2.16. The van der Waals surface area contributed by atoms with E-state index in [2.05, 4.69) is 41.4 Å². The minimum Gasteiger partial charge on any atom is -0.329 e. The first-order chi connectivity index (χ1) is 8.35. The van der Waals surface area contributed by atoms with Gasteiger partial charge in [-0.25, -0.2) is 0 Å². The molecule has 1 fully saturated rings. The Labute approximate surface area is 104 Å². The average Bonchev–Trinajstić information content (AvgIpc) is 3.19. The number of benzene rings is 1. The molecule has 1 atom stereocenters. The molecule has 1 aromatic rings. The molecule has 0 aromatic heterocycles. The van der Waals surface area contributed by atoms with Crippen LogP contribution in [0, 0.1) is 11.8 Å². The highest BCUT2D eigenvalue weighted by molar-refractivity contribution is 5.31. The molecule has 1 aromatic carbocycles. The van der Waals surface area contributed by atoms with Crippen LogP contribution in [0.5, 0.6) is 0 Å². The fraction of sp³-hybridized carbons (Fsp3) is 0.467. The Morgan fingerprint density at radius 3 is 2.94 bits per heavy atom. The number of nitrogens with two attached hydrogens (primary N) is 1. The van der Waals surface area contributed by atoms with E-state index in [1.807, 2.05) is 6.92 Å². The monoisotopic (exact) mass is 228 g/mol. The van der Waals surface area contributed by atoms with E-state index in [1.54, 1.807) is 0 Å². The highest BCUT2D eigenvalue weighted by Gasteiger charge is 2.23. The van der Waals surface area contributed by atoms with Gasteiger partial charge in [-0.05, 0) is 36.8 Å². The van der Waals surface area contributed by atoms with E-state index in [4.69, 9.17) is 5.73 Å². The van der Waals surface area contributed by atoms with Crippen molar-refractivity contribution in [1.82, 2.24) is 5.32 Å². The van der Waals surface area contributed by atoms with Crippen molar-refractivity contribution in [2.24, 2.45) is 5.73 Å². The smallest absolute Gasteiger partial charge is 0.0581 e. The van der Waals surface area contributed by atoms with Gasteiger partial charge < -0.3 is 5.73 Å². The van der Waals surface area contributed by atoms with Crippen molar-refractivity contribution in [2.75, 3.05) is 13.1 Å². The van der Waals surface area contributed by atoms with Crippen molar-refractivity contribution in [3.05, 3.63) is 35.4 Å². The van der Waals surface area contributed by atoms with Gasteiger partial charge in [0, 0.05) is 12.6 Å². The summed E-state index contributed by atoms with van der Waals surface area (Å²) in [5, 5.41) is 3.37. The first kappa shape index (κ1) is 12.2. The Bertz CT molecular complexity index is 424. The molecule has 0 radical (unpaired) electrons. The quantitative estimate of drug-likeness (QED) is 0.758. The van der Waals surface area contributed by atoms with Crippen LogP contribution < -0.4 is 11.1 Å². The third-order valence-electron chi connectivity index (χ3n) is 3.21. The molecular weight excluding hydrogens is 208 g/mol. The first-order valence-corrected chi connectivity index (χ1v) is 6.28. The zero-order valence-electron chi connectivity index (χ0n) is 10.4. The Kier molecular flexibility index (Phi) is 4.19. The van der Waals surface area contributed by atoms with Gasteiger partial charge in [0.15, 0.2) is 0 Å². The zero-order valence-corrected chi connectivity index (χ0v) is 10.4. The van der Waals surface area contributed by atoms with Gasteiger partial charge in [0.1, 0.15) is 0 Å². The maximum atomic E-state index is 5.82. The van der Waals surface area contributed by atoms with Crippen molar-refractivity contribution in [3.63, 3.8) is 0 Å². The summed E-state index contributed by atoms with van der Waals surface area (Å²) in [5.74, 6) is 6.70. The average molecular weight is 228 g/mol. The van der Waals surface area contributed by atoms with Crippen LogP contribution in [0.1, 0.15) is 42.9 Å². The van der Waals surface area contributed by atoms with Crippen molar-refractivity contribution in [2.45, 2.75) is 31.7 Å². The minimum atomic E-state index is 0.217. The zero-order chi connectivity index (χ0) is 12.1. The van der Waals surface area contributed by atoms with E-state index in [9.17, 15) is 0 Å². The van der Waals surface area contributed by atoms with Crippen LogP contribution in [0.3, 0.4) is 0 Å². The minimum absolute atomic E-state index is 0.217. The van der Waals surface area contributed by atoms with Crippen molar-refractivity contribution in [1.29, 1.82) is 0 Å². The SMILES string of the molecule is CC#CCNC(CN)c1cccc(C2CC2)c1. The molecule has 0 amide bonds. The fourth-order valence-electron chi connectivity index (χ4n) is 2.05. The Morgan fingerprint density at radius 1 is 1.47 bits per heavy atom. The number of hydrogen-bond acceptors (Lipinski definition) is 2. The van der Waals surface area contributed by atoms with E-state index in [-0.39, 0.29) is 6.04 Å². The van der Waals surface area contributed by atoms with E-state index in [1.165, 1.54) is 24.0 Å². The summed E-state index contributed by atoms with van der Waals surface area (Å²) in [6.07, 6.45) is 2.68.